The lowest BCUT2D eigenvalue weighted by Gasteiger charge is -2.11. The smallest absolute Gasteiger partial charge is 0.159 e. The molecule has 4 nitrogen and oxygen atoms in total. The van der Waals surface area contributed by atoms with Crippen molar-refractivity contribution in [3.05, 3.63) is 53.2 Å². The average molecular weight is 272 g/mol. The Bertz CT molecular complexity index is 583. The monoisotopic (exact) mass is 272 g/mol. The number of aryl methyl sites for hydroxylation is 1. The fourth-order valence-corrected chi connectivity index (χ4v) is 2.08. The zero-order valence-corrected chi connectivity index (χ0v) is 11.6. The standard InChI is InChI=1S/C14H16N4S/c1-2-10-5-3-4-6-11(10)9-16-14-12(13(15)19)7-8-17-18-14/h3-8H,2,9H2,1H3,(H2,15,19)(H,16,18). The average Bonchev–Trinajstić information content (AvgIpc) is 2.45. The van der Waals surface area contributed by atoms with Gasteiger partial charge in [0.15, 0.2) is 5.82 Å². The first-order valence-electron chi connectivity index (χ1n) is 6.14. The molecule has 0 fully saturated rings. The minimum absolute atomic E-state index is 0.321. The number of thiocarbonyl (C=S) groups is 1. The van der Waals surface area contributed by atoms with Crippen molar-refractivity contribution in [3.63, 3.8) is 0 Å². The molecule has 0 spiro atoms. The van der Waals surface area contributed by atoms with Gasteiger partial charge >= 0.3 is 0 Å². The largest absolute Gasteiger partial charge is 0.389 e. The minimum Gasteiger partial charge on any atom is -0.389 e. The lowest BCUT2D eigenvalue weighted by atomic mass is 10.1. The Balaban J connectivity index is 2.17. The Hall–Kier alpha value is -2.01. The highest BCUT2D eigenvalue weighted by molar-refractivity contribution is 7.80. The van der Waals surface area contributed by atoms with Crippen LogP contribution in [-0.2, 0) is 13.0 Å². The van der Waals surface area contributed by atoms with Gasteiger partial charge in [-0.2, -0.15) is 5.10 Å². The molecular formula is C14H16N4S. The summed E-state index contributed by atoms with van der Waals surface area (Å²) in [5.41, 5.74) is 8.94. The topological polar surface area (TPSA) is 63.8 Å². The number of rotatable bonds is 5. The molecule has 0 saturated carbocycles. The second-order valence-corrected chi connectivity index (χ2v) is 4.57. The first kappa shape index (κ1) is 13.4. The molecule has 2 rings (SSSR count). The number of benzene rings is 1. The molecule has 1 heterocycles. The number of hydrogen-bond donors (Lipinski definition) is 2. The first-order valence-corrected chi connectivity index (χ1v) is 6.55. The van der Waals surface area contributed by atoms with Gasteiger partial charge in [0.05, 0.1) is 11.8 Å². The second kappa shape index (κ2) is 6.24. The van der Waals surface area contributed by atoms with E-state index in [2.05, 4.69) is 34.6 Å². The molecule has 19 heavy (non-hydrogen) atoms. The van der Waals surface area contributed by atoms with Gasteiger partial charge in [-0.15, -0.1) is 5.10 Å². The molecule has 0 saturated heterocycles. The van der Waals surface area contributed by atoms with Crippen molar-refractivity contribution in [2.45, 2.75) is 19.9 Å². The van der Waals surface area contributed by atoms with Crippen LogP contribution in [0.15, 0.2) is 36.5 Å². The van der Waals surface area contributed by atoms with Crippen LogP contribution < -0.4 is 11.1 Å². The van der Waals surface area contributed by atoms with Crippen molar-refractivity contribution < 1.29 is 0 Å². The number of anilines is 1. The molecule has 0 aliphatic rings. The van der Waals surface area contributed by atoms with Crippen LogP contribution in [0, 0.1) is 0 Å². The quantitative estimate of drug-likeness (QED) is 0.818. The van der Waals surface area contributed by atoms with E-state index in [0.717, 1.165) is 12.0 Å². The molecule has 1 aromatic heterocycles. The highest BCUT2D eigenvalue weighted by Gasteiger charge is 2.07. The summed E-state index contributed by atoms with van der Waals surface area (Å²) in [6, 6.07) is 10.1. The molecule has 5 heteroatoms. The summed E-state index contributed by atoms with van der Waals surface area (Å²) in [7, 11) is 0. The predicted molar refractivity (Wildman–Crippen MR) is 81.1 cm³/mol. The molecule has 0 bridgehead atoms. The third-order valence-electron chi connectivity index (χ3n) is 2.93. The Morgan fingerprint density at radius 3 is 2.68 bits per heavy atom. The first-order chi connectivity index (χ1) is 9.22. The van der Waals surface area contributed by atoms with Gasteiger partial charge in [-0.1, -0.05) is 43.4 Å². The summed E-state index contributed by atoms with van der Waals surface area (Å²) < 4.78 is 0. The van der Waals surface area contributed by atoms with E-state index in [0.29, 0.717) is 17.4 Å². The summed E-state index contributed by atoms with van der Waals surface area (Å²) in [6.07, 6.45) is 2.58. The van der Waals surface area contributed by atoms with Crippen molar-refractivity contribution in [2.75, 3.05) is 5.32 Å². The van der Waals surface area contributed by atoms with Crippen LogP contribution in [-0.4, -0.2) is 15.2 Å². The molecule has 0 atom stereocenters. The van der Waals surface area contributed by atoms with E-state index in [1.807, 2.05) is 12.1 Å². The highest BCUT2D eigenvalue weighted by atomic mass is 32.1. The normalized spacial score (nSPS) is 10.2. The molecule has 0 radical (unpaired) electrons. The van der Waals surface area contributed by atoms with Gasteiger partial charge in [-0.05, 0) is 23.6 Å². The second-order valence-electron chi connectivity index (χ2n) is 4.13. The highest BCUT2D eigenvalue weighted by Crippen LogP contribution is 2.14. The Kier molecular flexibility index (Phi) is 4.41. The van der Waals surface area contributed by atoms with E-state index in [1.165, 1.54) is 11.1 Å². The zero-order valence-electron chi connectivity index (χ0n) is 10.8. The number of nitrogens with two attached hydrogens (primary N) is 1. The Morgan fingerprint density at radius 1 is 1.26 bits per heavy atom. The van der Waals surface area contributed by atoms with Gasteiger partial charge in [0.2, 0.25) is 0 Å². The lowest BCUT2D eigenvalue weighted by Crippen LogP contribution is -2.15. The van der Waals surface area contributed by atoms with Crippen molar-refractivity contribution >= 4 is 23.0 Å². The number of aromatic nitrogens is 2. The summed E-state index contributed by atoms with van der Waals surface area (Å²) in [6.45, 7) is 2.82. The molecule has 1 aromatic carbocycles. The van der Waals surface area contributed by atoms with Crippen molar-refractivity contribution in [1.29, 1.82) is 0 Å². The van der Waals surface area contributed by atoms with E-state index in [-0.39, 0.29) is 0 Å². The SMILES string of the molecule is CCc1ccccc1CNc1nnccc1C(N)=S. The van der Waals surface area contributed by atoms with Crippen LogP contribution in [0.25, 0.3) is 0 Å². The minimum atomic E-state index is 0.321. The van der Waals surface area contributed by atoms with E-state index < -0.39 is 0 Å². The van der Waals surface area contributed by atoms with Crippen LogP contribution in [0.1, 0.15) is 23.6 Å². The Morgan fingerprint density at radius 2 is 2.00 bits per heavy atom. The maximum absolute atomic E-state index is 5.66. The van der Waals surface area contributed by atoms with Crippen LogP contribution in [0.4, 0.5) is 5.82 Å². The van der Waals surface area contributed by atoms with E-state index >= 15 is 0 Å². The van der Waals surface area contributed by atoms with Gasteiger partial charge in [-0.3, -0.25) is 0 Å². The maximum atomic E-state index is 5.66. The van der Waals surface area contributed by atoms with E-state index in [9.17, 15) is 0 Å². The molecule has 3 N–H and O–H groups in total. The fourth-order valence-electron chi connectivity index (χ4n) is 1.91. The van der Waals surface area contributed by atoms with Crippen molar-refractivity contribution in [2.24, 2.45) is 5.73 Å². The fraction of sp³-hybridized carbons (Fsp3) is 0.214. The molecule has 0 unspecified atom stereocenters. The summed E-state index contributed by atoms with van der Waals surface area (Å²) in [5, 5.41) is 11.1. The molecule has 0 aliphatic carbocycles. The molecule has 98 valence electrons. The zero-order chi connectivity index (χ0) is 13.7. The van der Waals surface area contributed by atoms with Crippen molar-refractivity contribution in [1.82, 2.24) is 10.2 Å². The van der Waals surface area contributed by atoms with Crippen LogP contribution in [0.5, 0.6) is 0 Å². The predicted octanol–water partition coefficient (Wildman–Crippen LogP) is 2.29. The van der Waals surface area contributed by atoms with Gasteiger partial charge in [0, 0.05) is 6.54 Å². The molecule has 0 aliphatic heterocycles. The van der Waals surface area contributed by atoms with E-state index in [1.54, 1.807) is 12.3 Å². The van der Waals surface area contributed by atoms with Gasteiger partial charge in [0.1, 0.15) is 4.99 Å². The van der Waals surface area contributed by atoms with Gasteiger partial charge in [-0.25, -0.2) is 0 Å². The van der Waals surface area contributed by atoms with E-state index in [4.69, 9.17) is 18.0 Å². The number of nitrogens with zero attached hydrogens (tertiary/aromatic N) is 2. The van der Waals surface area contributed by atoms with Crippen molar-refractivity contribution in [3.8, 4) is 0 Å². The van der Waals surface area contributed by atoms with Crippen LogP contribution >= 0.6 is 12.2 Å². The number of hydrogen-bond acceptors (Lipinski definition) is 4. The third-order valence-corrected chi connectivity index (χ3v) is 3.15. The summed E-state index contributed by atoms with van der Waals surface area (Å²) >= 11 is 5.00. The summed E-state index contributed by atoms with van der Waals surface area (Å²) in [5.74, 6) is 0.626. The molecule has 2 aromatic rings. The third kappa shape index (κ3) is 3.26. The summed E-state index contributed by atoms with van der Waals surface area (Å²) in [4.78, 5) is 0.321. The molecular weight excluding hydrogens is 256 g/mol. The maximum Gasteiger partial charge on any atom is 0.159 e. The Labute approximate surface area is 118 Å². The van der Waals surface area contributed by atoms with Crippen LogP contribution in [0.2, 0.25) is 0 Å². The molecule has 0 amide bonds. The lowest BCUT2D eigenvalue weighted by molar-refractivity contribution is 0.982. The van der Waals surface area contributed by atoms with Crippen LogP contribution in [0.3, 0.4) is 0 Å². The van der Waals surface area contributed by atoms with Gasteiger partial charge in [0.25, 0.3) is 0 Å². The number of nitrogens with one attached hydrogen (secondary N) is 1. The van der Waals surface area contributed by atoms with Gasteiger partial charge < -0.3 is 11.1 Å².